The number of benzene rings is 1. The SMILES string of the molecule is CCCCCOc1c(C)cccc1CNC1CC1. The molecule has 1 aromatic rings. The quantitative estimate of drug-likeness (QED) is 0.705. The van der Waals surface area contributed by atoms with E-state index in [9.17, 15) is 0 Å². The normalized spacial score (nSPS) is 14.8. The lowest BCUT2D eigenvalue weighted by Crippen LogP contribution is -2.16. The van der Waals surface area contributed by atoms with Gasteiger partial charge in [0.1, 0.15) is 5.75 Å². The molecule has 0 radical (unpaired) electrons. The van der Waals surface area contributed by atoms with Crippen molar-refractivity contribution in [2.75, 3.05) is 6.61 Å². The van der Waals surface area contributed by atoms with Crippen molar-refractivity contribution in [2.45, 2.75) is 58.5 Å². The first-order chi connectivity index (χ1) is 8.81. The van der Waals surface area contributed by atoms with Gasteiger partial charge < -0.3 is 10.1 Å². The lowest BCUT2D eigenvalue weighted by molar-refractivity contribution is 0.300. The van der Waals surface area contributed by atoms with Gasteiger partial charge in [-0.25, -0.2) is 0 Å². The van der Waals surface area contributed by atoms with Crippen LogP contribution in [-0.4, -0.2) is 12.6 Å². The Labute approximate surface area is 111 Å². The minimum absolute atomic E-state index is 0.749. The molecule has 0 heterocycles. The summed E-state index contributed by atoms with van der Waals surface area (Å²) in [5.41, 5.74) is 2.56. The number of ether oxygens (including phenoxy) is 1. The zero-order valence-electron chi connectivity index (χ0n) is 11.7. The van der Waals surface area contributed by atoms with E-state index < -0.39 is 0 Å². The summed E-state index contributed by atoms with van der Waals surface area (Å²) in [7, 11) is 0. The van der Waals surface area contributed by atoms with E-state index in [-0.39, 0.29) is 0 Å². The van der Waals surface area contributed by atoms with Gasteiger partial charge in [-0.1, -0.05) is 38.0 Å². The van der Waals surface area contributed by atoms with Crippen LogP contribution in [0, 0.1) is 6.92 Å². The van der Waals surface area contributed by atoms with Crippen LogP contribution >= 0.6 is 0 Å². The van der Waals surface area contributed by atoms with Gasteiger partial charge in [0.2, 0.25) is 0 Å². The molecular formula is C16H25NO. The molecule has 2 nitrogen and oxygen atoms in total. The molecule has 0 aliphatic heterocycles. The van der Waals surface area contributed by atoms with Gasteiger partial charge in [-0.05, 0) is 31.7 Å². The summed E-state index contributed by atoms with van der Waals surface area (Å²) in [6, 6.07) is 7.18. The molecule has 0 bridgehead atoms. The van der Waals surface area contributed by atoms with Gasteiger partial charge in [-0.15, -0.1) is 0 Å². The number of hydrogen-bond donors (Lipinski definition) is 1. The molecule has 1 fully saturated rings. The van der Waals surface area contributed by atoms with Gasteiger partial charge in [-0.2, -0.15) is 0 Å². The molecule has 100 valence electrons. The first-order valence-corrected chi connectivity index (χ1v) is 7.26. The molecule has 1 aliphatic rings. The Morgan fingerprint density at radius 3 is 2.83 bits per heavy atom. The highest BCUT2D eigenvalue weighted by molar-refractivity contribution is 5.40. The van der Waals surface area contributed by atoms with Crippen molar-refractivity contribution in [3.63, 3.8) is 0 Å². The highest BCUT2D eigenvalue weighted by Gasteiger charge is 2.20. The minimum Gasteiger partial charge on any atom is -0.493 e. The Morgan fingerprint density at radius 1 is 1.28 bits per heavy atom. The maximum Gasteiger partial charge on any atom is 0.126 e. The summed E-state index contributed by atoms with van der Waals surface area (Å²) in [5.74, 6) is 1.10. The summed E-state index contributed by atoms with van der Waals surface area (Å²) in [6.07, 6.45) is 6.31. The molecule has 2 heteroatoms. The summed E-state index contributed by atoms with van der Waals surface area (Å²) in [4.78, 5) is 0. The van der Waals surface area contributed by atoms with E-state index in [1.54, 1.807) is 0 Å². The van der Waals surface area contributed by atoms with Crippen molar-refractivity contribution >= 4 is 0 Å². The van der Waals surface area contributed by atoms with Crippen molar-refractivity contribution in [1.29, 1.82) is 0 Å². The second-order valence-electron chi connectivity index (χ2n) is 5.27. The molecule has 2 rings (SSSR count). The van der Waals surface area contributed by atoms with Crippen molar-refractivity contribution in [2.24, 2.45) is 0 Å². The number of rotatable bonds is 8. The fourth-order valence-electron chi connectivity index (χ4n) is 2.13. The van der Waals surface area contributed by atoms with Crippen molar-refractivity contribution in [1.82, 2.24) is 5.32 Å². The minimum atomic E-state index is 0.749. The van der Waals surface area contributed by atoms with E-state index in [0.717, 1.165) is 31.4 Å². The largest absolute Gasteiger partial charge is 0.493 e. The van der Waals surface area contributed by atoms with Crippen LogP contribution < -0.4 is 10.1 Å². The van der Waals surface area contributed by atoms with Crippen molar-refractivity contribution in [3.05, 3.63) is 29.3 Å². The van der Waals surface area contributed by atoms with E-state index in [0.29, 0.717) is 0 Å². The molecule has 0 saturated heterocycles. The Kier molecular flexibility index (Phi) is 5.06. The van der Waals surface area contributed by atoms with E-state index in [4.69, 9.17) is 4.74 Å². The van der Waals surface area contributed by atoms with Gasteiger partial charge >= 0.3 is 0 Å². The second-order valence-corrected chi connectivity index (χ2v) is 5.27. The number of nitrogens with one attached hydrogen (secondary N) is 1. The van der Waals surface area contributed by atoms with Crippen LogP contribution in [0.5, 0.6) is 5.75 Å². The molecule has 1 aromatic carbocycles. The first kappa shape index (κ1) is 13.4. The molecule has 0 aromatic heterocycles. The topological polar surface area (TPSA) is 21.3 Å². The molecule has 0 spiro atoms. The summed E-state index contributed by atoms with van der Waals surface area (Å²) < 4.78 is 5.98. The smallest absolute Gasteiger partial charge is 0.126 e. The van der Waals surface area contributed by atoms with Crippen LogP contribution in [0.2, 0.25) is 0 Å². The Hall–Kier alpha value is -1.02. The molecule has 1 aliphatic carbocycles. The molecule has 1 saturated carbocycles. The average Bonchev–Trinajstić information content (AvgIpc) is 3.18. The number of para-hydroxylation sites is 1. The number of aryl methyl sites for hydroxylation is 1. The fraction of sp³-hybridized carbons (Fsp3) is 0.625. The highest BCUT2D eigenvalue weighted by Crippen LogP contribution is 2.25. The van der Waals surface area contributed by atoms with E-state index in [1.165, 1.54) is 36.8 Å². The van der Waals surface area contributed by atoms with Crippen LogP contribution in [-0.2, 0) is 6.54 Å². The van der Waals surface area contributed by atoms with E-state index in [1.807, 2.05) is 0 Å². The predicted molar refractivity (Wildman–Crippen MR) is 76.1 cm³/mol. The van der Waals surface area contributed by atoms with Crippen LogP contribution in [0.3, 0.4) is 0 Å². The van der Waals surface area contributed by atoms with Crippen molar-refractivity contribution < 1.29 is 4.74 Å². The van der Waals surface area contributed by atoms with Gasteiger partial charge in [-0.3, -0.25) is 0 Å². The highest BCUT2D eigenvalue weighted by atomic mass is 16.5. The first-order valence-electron chi connectivity index (χ1n) is 7.26. The van der Waals surface area contributed by atoms with Gasteiger partial charge in [0.25, 0.3) is 0 Å². The molecule has 0 atom stereocenters. The maximum atomic E-state index is 5.98. The van der Waals surface area contributed by atoms with Crippen LogP contribution in [0.1, 0.15) is 50.2 Å². The van der Waals surface area contributed by atoms with Gasteiger partial charge in [0.05, 0.1) is 6.61 Å². The summed E-state index contributed by atoms with van der Waals surface area (Å²) >= 11 is 0. The van der Waals surface area contributed by atoms with Crippen LogP contribution in [0.15, 0.2) is 18.2 Å². The Morgan fingerprint density at radius 2 is 2.11 bits per heavy atom. The van der Waals surface area contributed by atoms with Gasteiger partial charge in [0.15, 0.2) is 0 Å². The maximum absolute atomic E-state index is 5.98. The average molecular weight is 247 g/mol. The van der Waals surface area contributed by atoms with E-state index >= 15 is 0 Å². The predicted octanol–water partition coefficient (Wildman–Crippen LogP) is 3.82. The standard InChI is InChI=1S/C16H25NO/c1-3-4-5-11-18-16-13(2)7-6-8-14(16)12-17-15-9-10-15/h6-8,15,17H,3-5,9-12H2,1-2H3. The molecule has 0 amide bonds. The zero-order valence-corrected chi connectivity index (χ0v) is 11.7. The fourth-order valence-corrected chi connectivity index (χ4v) is 2.13. The van der Waals surface area contributed by atoms with Crippen LogP contribution in [0.4, 0.5) is 0 Å². The molecule has 0 unspecified atom stereocenters. The Balaban J connectivity index is 1.91. The van der Waals surface area contributed by atoms with E-state index in [2.05, 4.69) is 37.4 Å². The third-order valence-corrected chi connectivity index (χ3v) is 3.45. The van der Waals surface area contributed by atoms with Gasteiger partial charge in [0, 0.05) is 18.2 Å². The summed E-state index contributed by atoms with van der Waals surface area (Å²) in [6.45, 7) is 6.14. The monoisotopic (exact) mass is 247 g/mol. The van der Waals surface area contributed by atoms with Crippen LogP contribution in [0.25, 0.3) is 0 Å². The number of unbranched alkanes of at least 4 members (excludes halogenated alkanes) is 2. The second kappa shape index (κ2) is 6.79. The lowest BCUT2D eigenvalue weighted by atomic mass is 10.1. The Bertz CT molecular complexity index is 371. The third-order valence-electron chi connectivity index (χ3n) is 3.45. The third kappa shape index (κ3) is 4.02. The number of hydrogen-bond acceptors (Lipinski definition) is 2. The lowest BCUT2D eigenvalue weighted by Gasteiger charge is -2.14. The molecule has 18 heavy (non-hydrogen) atoms. The molecule has 1 N–H and O–H groups in total. The summed E-state index contributed by atoms with van der Waals surface area (Å²) in [5, 5.41) is 3.56. The zero-order chi connectivity index (χ0) is 12.8. The molecular weight excluding hydrogens is 222 g/mol. The van der Waals surface area contributed by atoms with Crippen molar-refractivity contribution in [3.8, 4) is 5.75 Å².